The first-order chi connectivity index (χ1) is 3.81. The van der Waals surface area contributed by atoms with E-state index < -0.39 is 5.97 Å². The number of hydrogen-bond donors (Lipinski definition) is 0. The predicted octanol–water partition coefficient (Wildman–Crippen LogP) is 0.128. The number of carbonyl (C=O) groups is 1. The molecule has 0 aromatic carbocycles. The molecule has 0 amide bonds. The highest BCUT2D eigenvalue weighted by Gasteiger charge is 1.92. The zero-order valence-electron chi connectivity index (χ0n) is 3.96. The number of nitriles is 1. The third kappa shape index (κ3) is 2.72. The minimum atomic E-state index is -0.786. The summed E-state index contributed by atoms with van der Waals surface area (Å²) < 4.78 is 0. The minimum absolute atomic E-state index is 0.786. The fraction of sp³-hybridized carbons (Fsp3) is 0. The number of carbonyl (C=O) groups excluding carboxylic acids is 1. The second-order valence-electron chi connectivity index (χ2n) is 0.781. The Hall–Kier alpha value is -1.50. The van der Waals surface area contributed by atoms with Crippen molar-refractivity contribution in [2.24, 2.45) is 0 Å². The summed E-state index contributed by atoms with van der Waals surface area (Å²) in [5.41, 5.74) is 0. The lowest BCUT2D eigenvalue weighted by molar-refractivity contribution is -0.225. The summed E-state index contributed by atoms with van der Waals surface area (Å²) in [4.78, 5) is 17.2. The lowest BCUT2D eigenvalue weighted by Crippen LogP contribution is -1.96. The van der Waals surface area contributed by atoms with Crippen molar-refractivity contribution in [1.29, 1.82) is 5.26 Å². The van der Waals surface area contributed by atoms with Gasteiger partial charge in [-0.25, -0.2) is 14.6 Å². The van der Waals surface area contributed by atoms with E-state index in [1.165, 1.54) is 0 Å². The standard InChI is InChI=1S/C4H3NO3/c1-2-4(6)8-7-3-5/h2H,1H2. The van der Waals surface area contributed by atoms with Crippen molar-refractivity contribution in [1.82, 2.24) is 0 Å². The molecule has 42 valence electrons. The summed E-state index contributed by atoms with van der Waals surface area (Å²) in [5.74, 6) is -0.786. The molecule has 0 aliphatic carbocycles. The number of rotatable bonds is 2. The Bertz CT molecular complexity index is 135. The van der Waals surface area contributed by atoms with E-state index in [1.807, 2.05) is 0 Å². The molecule has 0 aliphatic heterocycles. The van der Waals surface area contributed by atoms with Crippen LogP contribution in [-0.2, 0) is 14.6 Å². The molecule has 0 aromatic rings. The van der Waals surface area contributed by atoms with Crippen LogP contribution in [0.4, 0.5) is 0 Å². The van der Waals surface area contributed by atoms with Gasteiger partial charge in [0, 0.05) is 6.08 Å². The molecule has 0 unspecified atom stereocenters. The number of nitrogens with zero attached hydrogens (tertiary/aromatic N) is 1. The van der Waals surface area contributed by atoms with Crippen molar-refractivity contribution >= 4 is 5.97 Å². The monoisotopic (exact) mass is 113 g/mol. The lowest BCUT2D eigenvalue weighted by atomic mass is 10.7. The summed E-state index contributed by atoms with van der Waals surface area (Å²) in [6.45, 7) is 3.05. The molecule has 0 saturated carbocycles. The Morgan fingerprint density at radius 1 is 1.88 bits per heavy atom. The third-order valence-electron chi connectivity index (χ3n) is 0.328. The minimum Gasteiger partial charge on any atom is -0.242 e. The second kappa shape index (κ2) is 3.68. The molecule has 0 N–H and O–H groups in total. The lowest BCUT2D eigenvalue weighted by Gasteiger charge is -1.86. The molecule has 0 bridgehead atoms. The van der Waals surface area contributed by atoms with E-state index in [4.69, 9.17) is 5.26 Å². The summed E-state index contributed by atoms with van der Waals surface area (Å²) >= 11 is 0. The molecular formula is C4H3NO3. The van der Waals surface area contributed by atoms with Gasteiger partial charge in [0.15, 0.2) is 0 Å². The molecule has 8 heavy (non-hydrogen) atoms. The van der Waals surface area contributed by atoms with Crippen molar-refractivity contribution in [2.45, 2.75) is 0 Å². The first-order valence-corrected chi connectivity index (χ1v) is 1.70. The molecule has 4 heteroatoms. The summed E-state index contributed by atoms with van der Waals surface area (Å²) in [6.07, 6.45) is 2.03. The predicted molar refractivity (Wildman–Crippen MR) is 23.0 cm³/mol. The van der Waals surface area contributed by atoms with Crippen LogP contribution in [0.3, 0.4) is 0 Å². The fourth-order valence-corrected chi connectivity index (χ4v) is 0.0937. The van der Waals surface area contributed by atoms with E-state index in [0.29, 0.717) is 0 Å². The van der Waals surface area contributed by atoms with Gasteiger partial charge < -0.3 is 0 Å². The highest BCUT2D eigenvalue weighted by molar-refractivity contribution is 5.80. The maximum Gasteiger partial charge on any atom is 0.379 e. The van der Waals surface area contributed by atoms with Gasteiger partial charge in [0.25, 0.3) is 0 Å². The SMILES string of the molecule is C=CC(=O)OOC#N. The first kappa shape index (κ1) is 6.50. The van der Waals surface area contributed by atoms with E-state index in [9.17, 15) is 4.79 Å². The van der Waals surface area contributed by atoms with Gasteiger partial charge in [-0.1, -0.05) is 6.58 Å². The smallest absolute Gasteiger partial charge is 0.242 e. The topological polar surface area (TPSA) is 59.3 Å². The molecular weight excluding hydrogens is 110 g/mol. The van der Waals surface area contributed by atoms with Crippen molar-refractivity contribution < 1.29 is 14.6 Å². The molecule has 0 spiro atoms. The molecule has 0 rings (SSSR count). The Labute approximate surface area is 45.9 Å². The Balaban J connectivity index is 3.28. The third-order valence-corrected chi connectivity index (χ3v) is 0.328. The van der Waals surface area contributed by atoms with E-state index >= 15 is 0 Å². The van der Waals surface area contributed by atoms with Crippen molar-refractivity contribution in [3.8, 4) is 6.26 Å². The van der Waals surface area contributed by atoms with Gasteiger partial charge in [-0.05, 0) is 0 Å². The van der Waals surface area contributed by atoms with Crippen LogP contribution in [0.15, 0.2) is 12.7 Å². The van der Waals surface area contributed by atoms with Crippen LogP contribution >= 0.6 is 0 Å². The Morgan fingerprint density at radius 3 is 2.88 bits per heavy atom. The molecule has 0 saturated heterocycles. The average molecular weight is 113 g/mol. The highest BCUT2D eigenvalue weighted by Crippen LogP contribution is 1.77. The summed E-state index contributed by atoms with van der Waals surface area (Å²) in [7, 11) is 0. The normalized spacial score (nSPS) is 6.38. The second-order valence-corrected chi connectivity index (χ2v) is 0.781. The number of hydrogen-bond acceptors (Lipinski definition) is 4. The van der Waals surface area contributed by atoms with Crippen LogP contribution in [0.1, 0.15) is 0 Å². The van der Waals surface area contributed by atoms with Gasteiger partial charge in [-0.2, -0.15) is 0 Å². The molecule has 0 radical (unpaired) electrons. The molecule has 4 nitrogen and oxygen atoms in total. The summed E-state index contributed by atoms with van der Waals surface area (Å²) in [6, 6.07) is 0. The quantitative estimate of drug-likeness (QED) is 0.221. The zero-order valence-corrected chi connectivity index (χ0v) is 3.96. The van der Waals surface area contributed by atoms with E-state index in [0.717, 1.165) is 12.3 Å². The summed E-state index contributed by atoms with van der Waals surface area (Å²) in [5, 5.41) is 7.63. The van der Waals surface area contributed by atoms with Crippen LogP contribution in [0.2, 0.25) is 0 Å². The maximum absolute atomic E-state index is 9.95. The molecule has 0 atom stereocenters. The molecule has 0 heterocycles. The van der Waals surface area contributed by atoms with E-state index in [1.54, 1.807) is 0 Å². The Kier molecular flexibility index (Phi) is 2.99. The van der Waals surface area contributed by atoms with Gasteiger partial charge in [0.05, 0.1) is 0 Å². The van der Waals surface area contributed by atoms with Gasteiger partial charge in [0.1, 0.15) is 0 Å². The van der Waals surface area contributed by atoms with Crippen LogP contribution in [-0.4, -0.2) is 5.97 Å². The molecule has 0 aliphatic rings. The van der Waals surface area contributed by atoms with Crippen molar-refractivity contribution in [2.75, 3.05) is 0 Å². The van der Waals surface area contributed by atoms with Crippen LogP contribution in [0.5, 0.6) is 0 Å². The van der Waals surface area contributed by atoms with Gasteiger partial charge in [-0.15, -0.1) is 5.26 Å². The molecule has 0 aromatic heterocycles. The van der Waals surface area contributed by atoms with Gasteiger partial charge >= 0.3 is 12.2 Å². The van der Waals surface area contributed by atoms with Crippen LogP contribution in [0, 0.1) is 11.5 Å². The largest absolute Gasteiger partial charge is 0.379 e. The maximum atomic E-state index is 9.95. The molecule has 0 fully saturated rings. The first-order valence-electron chi connectivity index (χ1n) is 1.70. The average Bonchev–Trinajstić information content (AvgIpc) is 1.83. The van der Waals surface area contributed by atoms with Gasteiger partial charge in [0.2, 0.25) is 0 Å². The van der Waals surface area contributed by atoms with Crippen LogP contribution < -0.4 is 0 Å². The zero-order chi connectivity index (χ0) is 6.41. The highest BCUT2D eigenvalue weighted by atomic mass is 17.2. The van der Waals surface area contributed by atoms with Crippen molar-refractivity contribution in [3.63, 3.8) is 0 Å². The van der Waals surface area contributed by atoms with Gasteiger partial charge in [-0.3, -0.25) is 0 Å². The van der Waals surface area contributed by atoms with E-state index in [-0.39, 0.29) is 0 Å². The van der Waals surface area contributed by atoms with Crippen LogP contribution in [0.25, 0.3) is 0 Å². The fourth-order valence-electron chi connectivity index (χ4n) is 0.0937. The van der Waals surface area contributed by atoms with E-state index in [2.05, 4.69) is 16.4 Å². The van der Waals surface area contributed by atoms with Crippen molar-refractivity contribution in [3.05, 3.63) is 12.7 Å². The Morgan fingerprint density at radius 2 is 2.50 bits per heavy atom.